The van der Waals surface area contributed by atoms with Crippen molar-refractivity contribution in [3.63, 3.8) is 0 Å². The van der Waals surface area contributed by atoms with E-state index in [1.165, 1.54) is 0 Å². The Morgan fingerprint density at radius 1 is 1.20 bits per heavy atom. The molecule has 0 saturated carbocycles. The Balaban J connectivity index is 2.71. The smallest absolute Gasteiger partial charge is 0.346 e. The number of carbonyl (C=O) groups excluding carboxylic acids is 2. The lowest BCUT2D eigenvalue weighted by Crippen LogP contribution is -2.39. The van der Waals surface area contributed by atoms with Crippen LogP contribution in [0.2, 0.25) is 0 Å². The summed E-state index contributed by atoms with van der Waals surface area (Å²) in [4.78, 5) is 23.0. The Kier molecular flexibility index (Phi) is 1.93. The number of benzene rings is 1. The first kappa shape index (κ1) is 9.90. The summed E-state index contributed by atoms with van der Waals surface area (Å²) in [6.07, 6.45) is 0. The molecule has 0 N–H and O–H groups in total. The predicted molar refractivity (Wildman–Crippen MR) is 54.6 cm³/mol. The van der Waals surface area contributed by atoms with Crippen molar-refractivity contribution >= 4 is 11.9 Å². The molecule has 0 radical (unpaired) electrons. The van der Waals surface area contributed by atoms with Crippen molar-refractivity contribution in [3.05, 3.63) is 34.9 Å². The highest BCUT2D eigenvalue weighted by Crippen LogP contribution is 2.33. The Labute approximate surface area is 88.1 Å². The van der Waals surface area contributed by atoms with Gasteiger partial charge in [-0.1, -0.05) is 17.7 Å². The van der Waals surface area contributed by atoms with Crippen molar-refractivity contribution in [2.24, 2.45) is 0 Å². The van der Waals surface area contributed by atoms with Gasteiger partial charge in [0.15, 0.2) is 0 Å². The zero-order valence-electron chi connectivity index (χ0n) is 8.96. The first-order valence-electron chi connectivity index (χ1n) is 4.80. The lowest BCUT2D eigenvalue weighted by molar-refractivity contribution is -0.144. The van der Waals surface area contributed by atoms with E-state index in [4.69, 9.17) is 0 Å². The minimum Gasteiger partial charge on any atom is -0.389 e. The third-order valence-corrected chi connectivity index (χ3v) is 2.76. The maximum atomic E-state index is 11.6. The Morgan fingerprint density at radius 3 is 2.53 bits per heavy atom. The molecule has 3 heteroatoms. The molecule has 1 aliphatic heterocycles. The van der Waals surface area contributed by atoms with E-state index in [1.807, 2.05) is 19.1 Å². The van der Waals surface area contributed by atoms with Crippen molar-refractivity contribution in [2.45, 2.75) is 26.2 Å². The normalized spacial score (nSPS) is 18.3. The van der Waals surface area contributed by atoms with Gasteiger partial charge in [0.2, 0.25) is 0 Å². The van der Waals surface area contributed by atoms with Crippen LogP contribution in [0.3, 0.4) is 0 Å². The highest BCUT2D eigenvalue weighted by atomic mass is 16.6. The van der Waals surface area contributed by atoms with Crippen LogP contribution in [0.4, 0.5) is 0 Å². The molecule has 1 aliphatic rings. The fourth-order valence-corrected chi connectivity index (χ4v) is 1.73. The zero-order chi connectivity index (χ0) is 11.2. The summed E-state index contributed by atoms with van der Waals surface area (Å²) in [6, 6.07) is 5.42. The van der Waals surface area contributed by atoms with Crippen molar-refractivity contribution in [1.82, 2.24) is 0 Å². The monoisotopic (exact) mass is 204 g/mol. The predicted octanol–water partition coefficient (Wildman–Crippen LogP) is 1.97. The molecule has 3 nitrogen and oxygen atoms in total. The first-order valence-corrected chi connectivity index (χ1v) is 4.80. The molecule has 1 aromatic rings. The lowest BCUT2D eigenvalue weighted by atomic mass is 9.79. The van der Waals surface area contributed by atoms with Gasteiger partial charge in [-0.25, -0.2) is 4.79 Å². The van der Waals surface area contributed by atoms with Crippen LogP contribution in [0.1, 0.15) is 35.3 Å². The molecule has 0 bridgehead atoms. The largest absolute Gasteiger partial charge is 0.389 e. The summed E-state index contributed by atoms with van der Waals surface area (Å²) in [7, 11) is 0. The highest BCUT2D eigenvalue weighted by Gasteiger charge is 2.41. The summed E-state index contributed by atoms with van der Waals surface area (Å²) in [5.74, 6) is -1.03. The molecule has 0 amide bonds. The summed E-state index contributed by atoms with van der Waals surface area (Å²) < 4.78 is 4.69. The van der Waals surface area contributed by atoms with Crippen LogP contribution >= 0.6 is 0 Å². The molecular weight excluding hydrogens is 192 g/mol. The van der Waals surface area contributed by atoms with E-state index in [0.717, 1.165) is 11.1 Å². The van der Waals surface area contributed by atoms with Crippen LogP contribution in [0, 0.1) is 6.92 Å². The molecule has 0 atom stereocenters. The van der Waals surface area contributed by atoms with Gasteiger partial charge in [-0.3, -0.25) is 4.79 Å². The van der Waals surface area contributed by atoms with Crippen LogP contribution in [0.15, 0.2) is 18.2 Å². The second-order valence-corrected chi connectivity index (χ2v) is 4.35. The van der Waals surface area contributed by atoms with Gasteiger partial charge in [0.05, 0.1) is 11.0 Å². The van der Waals surface area contributed by atoms with E-state index in [0.29, 0.717) is 5.56 Å². The van der Waals surface area contributed by atoms with E-state index in [1.54, 1.807) is 19.9 Å². The average molecular weight is 204 g/mol. The number of ether oxygens (including phenoxy) is 1. The van der Waals surface area contributed by atoms with Crippen LogP contribution in [-0.4, -0.2) is 11.9 Å². The molecule has 0 fully saturated rings. The zero-order valence-corrected chi connectivity index (χ0v) is 8.96. The third-order valence-electron chi connectivity index (χ3n) is 2.76. The van der Waals surface area contributed by atoms with E-state index in [-0.39, 0.29) is 0 Å². The molecule has 15 heavy (non-hydrogen) atoms. The summed E-state index contributed by atoms with van der Waals surface area (Å²) in [6.45, 7) is 5.46. The van der Waals surface area contributed by atoms with E-state index < -0.39 is 17.4 Å². The Bertz CT molecular complexity index is 458. The number of rotatable bonds is 0. The number of carbonyl (C=O) groups is 2. The van der Waals surface area contributed by atoms with Crippen LogP contribution < -0.4 is 0 Å². The summed E-state index contributed by atoms with van der Waals surface area (Å²) >= 11 is 0. The first-order chi connectivity index (χ1) is 6.93. The van der Waals surface area contributed by atoms with Crippen LogP contribution in [-0.2, 0) is 14.9 Å². The van der Waals surface area contributed by atoms with Gasteiger partial charge in [-0.15, -0.1) is 0 Å². The van der Waals surface area contributed by atoms with Gasteiger partial charge >= 0.3 is 11.9 Å². The number of hydrogen-bond acceptors (Lipinski definition) is 3. The number of esters is 2. The topological polar surface area (TPSA) is 43.4 Å². The van der Waals surface area contributed by atoms with E-state index in [9.17, 15) is 9.59 Å². The molecule has 0 saturated heterocycles. The molecule has 0 spiro atoms. The molecule has 78 valence electrons. The Morgan fingerprint density at radius 2 is 1.87 bits per heavy atom. The average Bonchev–Trinajstić information content (AvgIpc) is 2.15. The van der Waals surface area contributed by atoms with Gasteiger partial charge in [-0.2, -0.15) is 0 Å². The SMILES string of the molecule is Cc1ccc2c(c1)C(C)(C)C(=O)OC2=O. The maximum Gasteiger partial charge on any atom is 0.346 e. The summed E-state index contributed by atoms with van der Waals surface area (Å²) in [5.41, 5.74) is 1.54. The fraction of sp³-hybridized carbons (Fsp3) is 0.333. The molecule has 0 aromatic heterocycles. The van der Waals surface area contributed by atoms with Gasteiger partial charge < -0.3 is 4.74 Å². The molecule has 0 aliphatic carbocycles. The minimum atomic E-state index is -0.741. The fourth-order valence-electron chi connectivity index (χ4n) is 1.73. The molecule has 1 aromatic carbocycles. The number of cyclic esters (lactones) is 2. The van der Waals surface area contributed by atoms with Crippen LogP contribution in [0.25, 0.3) is 0 Å². The lowest BCUT2D eigenvalue weighted by Gasteiger charge is -2.29. The highest BCUT2D eigenvalue weighted by molar-refractivity contribution is 6.05. The van der Waals surface area contributed by atoms with Gasteiger partial charge in [0, 0.05) is 0 Å². The summed E-state index contributed by atoms with van der Waals surface area (Å²) in [5, 5.41) is 0. The van der Waals surface area contributed by atoms with Gasteiger partial charge in [-0.05, 0) is 32.4 Å². The van der Waals surface area contributed by atoms with Crippen molar-refractivity contribution in [3.8, 4) is 0 Å². The molecule has 0 unspecified atom stereocenters. The second kappa shape index (κ2) is 2.92. The molecule has 2 rings (SSSR count). The maximum absolute atomic E-state index is 11.6. The van der Waals surface area contributed by atoms with Crippen molar-refractivity contribution < 1.29 is 14.3 Å². The number of fused-ring (bicyclic) bond motifs is 1. The minimum absolute atomic E-state index is 0.481. The van der Waals surface area contributed by atoms with Crippen LogP contribution in [0.5, 0.6) is 0 Å². The standard InChI is InChI=1S/C12H12O3/c1-7-4-5-8-9(6-7)12(2,3)11(14)15-10(8)13/h4-6H,1-3H3. The van der Waals surface area contributed by atoms with Gasteiger partial charge in [0.1, 0.15) is 0 Å². The number of hydrogen-bond donors (Lipinski definition) is 0. The molecular formula is C12H12O3. The molecule has 1 heterocycles. The van der Waals surface area contributed by atoms with Crippen molar-refractivity contribution in [1.29, 1.82) is 0 Å². The Hall–Kier alpha value is -1.64. The van der Waals surface area contributed by atoms with Gasteiger partial charge in [0.25, 0.3) is 0 Å². The second-order valence-electron chi connectivity index (χ2n) is 4.35. The quantitative estimate of drug-likeness (QED) is 0.479. The van der Waals surface area contributed by atoms with Crippen molar-refractivity contribution in [2.75, 3.05) is 0 Å². The number of aryl methyl sites for hydroxylation is 1. The van der Waals surface area contributed by atoms with E-state index in [2.05, 4.69) is 4.74 Å². The third kappa shape index (κ3) is 1.35. The van der Waals surface area contributed by atoms with E-state index >= 15 is 0 Å².